The second kappa shape index (κ2) is 4.14. The van der Waals surface area contributed by atoms with Crippen LogP contribution in [0.5, 0.6) is 0 Å². The molecule has 1 aliphatic rings. The fourth-order valence-electron chi connectivity index (χ4n) is 2.05. The Balaban J connectivity index is 1.97. The number of aryl methyl sites for hydroxylation is 1. The van der Waals surface area contributed by atoms with Gasteiger partial charge in [-0.05, 0) is 18.9 Å². The van der Waals surface area contributed by atoms with Crippen molar-refractivity contribution in [1.82, 2.24) is 9.78 Å². The summed E-state index contributed by atoms with van der Waals surface area (Å²) in [5, 5.41) is 4.05. The van der Waals surface area contributed by atoms with E-state index in [1.54, 1.807) is 10.9 Å². The first-order valence-corrected chi connectivity index (χ1v) is 5.28. The lowest BCUT2D eigenvalue weighted by Gasteiger charge is -2.11. The van der Waals surface area contributed by atoms with Gasteiger partial charge in [-0.15, -0.1) is 0 Å². The Labute approximate surface area is 89.2 Å². The van der Waals surface area contributed by atoms with Crippen molar-refractivity contribution in [3.8, 4) is 0 Å². The summed E-state index contributed by atoms with van der Waals surface area (Å²) in [7, 11) is 1.86. The average molecular weight is 208 g/mol. The predicted octanol–water partition coefficient (Wildman–Crippen LogP) is 0.957. The van der Waals surface area contributed by atoms with E-state index in [-0.39, 0.29) is 17.8 Å². The van der Waals surface area contributed by atoms with Gasteiger partial charge in [-0.2, -0.15) is 5.10 Å². The van der Waals surface area contributed by atoms with Gasteiger partial charge in [0.15, 0.2) is 0 Å². The maximum Gasteiger partial charge on any atom is 0.143 e. The van der Waals surface area contributed by atoms with Gasteiger partial charge in [0.25, 0.3) is 0 Å². The minimum atomic E-state index is 0.0743. The first kappa shape index (κ1) is 10.4. The molecule has 1 saturated heterocycles. The molecular formula is C11H16N2O2. The molecule has 2 rings (SSSR count). The van der Waals surface area contributed by atoms with Gasteiger partial charge < -0.3 is 4.74 Å². The monoisotopic (exact) mass is 208 g/mol. The Hall–Kier alpha value is -1.16. The van der Waals surface area contributed by atoms with Gasteiger partial charge in [0, 0.05) is 32.2 Å². The summed E-state index contributed by atoms with van der Waals surface area (Å²) in [6.07, 6.45) is 5.05. The van der Waals surface area contributed by atoms with E-state index >= 15 is 0 Å². The highest BCUT2D eigenvalue weighted by Crippen LogP contribution is 2.22. The Bertz CT molecular complexity index is 359. The lowest BCUT2D eigenvalue weighted by molar-refractivity contribution is -0.123. The molecule has 0 spiro atoms. The number of Topliss-reactive ketones (excluding diaryl/α,β-unsaturated/α-hetero) is 1. The lowest BCUT2D eigenvalue weighted by atomic mass is 9.94. The van der Waals surface area contributed by atoms with Crippen LogP contribution in [-0.2, 0) is 23.0 Å². The molecule has 1 aliphatic heterocycles. The van der Waals surface area contributed by atoms with Gasteiger partial charge in [0.05, 0.1) is 12.3 Å². The molecule has 82 valence electrons. The fourth-order valence-corrected chi connectivity index (χ4v) is 2.05. The highest BCUT2D eigenvalue weighted by atomic mass is 16.5. The number of carbonyl (C=O) groups excluding carboxylic acids is 1. The smallest absolute Gasteiger partial charge is 0.143 e. The van der Waals surface area contributed by atoms with E-state index in [2.05, 4.69) is 5.10 Å². The summed E-state index contributed by atoms with van der Waals surface area (Å²) < 4.78 is 7.11. The van der Waals surface area contributed by atoms with Gasteiger partial charge in [-0.3, -0.25) is 9.48 Å². The van der Waals surface area contributed by atoms with Crippen LogP contribution in [0.4, 0.5) is 0 Å². The van der Waals surface area contributed by atoms with Crippen LogP contribution in [-0.4, -0.2) is 28.3 Å². The molecule has 2 atom stereocenters. The molecule has 0 saturated carbocycles. The molecule has 2 unspecified atom stereocenters. The minimum absolute atomic E-state index is 0.0743. The number of aromatic nitrogens is 2. The summed E-state index contributed by atoms with van der Waals surface area (Å²) in [6.45, 7) is 2.68. The number of rotatable bonds is 3. The summed E-state index contributed by atoms with van der Waals surface area (Å²) in [5.41, 5.74) is 0.988. The van der Waals surface area contributed by atoms with Gasteiger partial charge in [0.1, 0.15) is 5.78 Å². The Morgan fingerprint density at radius 3 is 3.07 bits per heavy atom. The number of hydrogen-bond acceptors (Lipinski definition) is 3. The van der Waals surface area contributed by atoms with Gasteiger partial charge in [0.2, 0.25) is 0 Å². The summed E-state index contributed by atoms with van der Waals surface area (Å²) in [4.78, 5) is 11.9. The lowest BCUT2D eigenvalue weighted by Crippen LogP contribution is -2.23. The van der Waals surface area contributed by atoms with Crippen LogP contribution < -0.4 is 0 Å². The quantitative estimate of drug-likeness (QED) is 0.743. The number of ether oxygens (including phenoxy) is 1. The Kier molecular flexibility index (Phi) is 2.86. The van der Waals surface area contributed by atoms with Crippen molar-refractivity contribution in [2.75, 3.05) is 6.61 Å². The van der Waals surface area contributed by atoms with Crippen molar-refractivity contribution in [3.63, 3.8) is 0 Å². The molecule has 4 nitrogen and oxygen atoms in total. The van der Waals surface area contributed by atoms with Crippen molar-refractivity contribution in [2.24, 2.45) is 13.0 Å². The number of hydrogen-bond donors (Lipinski definition) is 0. The molecule has 1 aromatic rings. The average Bonchev–Trinajstić information content (AvgIpc) is 2.75. The highest BCUT2D eigenvalue weighted by Gasteiger charge is 2.30. The van der Waals surface area contributed by atoms with Crippen molar-refractivity contribution in [1.29, 1.82) is 0 Å². The maximum absolute atomic E-state index is 11.9. The number of carbonyl (C=O) groups is 1. The first-order valence-electron chi connectivity index (χ1n) is 5.28. The van der Waals surface area contributed by atoms with E-state index in [0.717, 1.165) is 12.0 Å². The van der Waals surface area contributed by atoms with E-state index in [1.807, 2.05) is 20.2 Å². The van der Waals surface area contributed by atoms with Gasteiger partial charge in [-0.1, -0.05) is 0 Å². The van der Waals surface area contributed by atoms with Crippen LogP contribution in [0, 0.1) is 5.92 Å². The normalized spacial score (nSPS) is 25.7. The van der Waals surface area contributed by atoms with Crippen molar-refractivity contribution in [2.45, 2.75) is 25.9 Å². The standard InChI is InChI=1S/C11H16N2O2/c1-8-10(3-4-15-8)11(14)5-9-6-12-13(2)7-9/h6-8,10H,3-5H2,1-2H3. The van der Waals surface area contributed by atoms with Crippen LogP contribution in [0.3, 0.4) is 0 Å². The number of ketones is 1. The molecule has 4 heteroatoms. The highest BCUT2D eigenvalue weighted by molar-refractivity contribution is 5.83. The van der Waals surface area contributed by atoms with Crippen LogP contribution >= 0.6 is 0 Å². The maximum atomic E-state index is 11.9. The second-order valence-corrected chi connectivity index (χ2v) is 4.14. The molecule has 0 aromatic carbocycles. The van der Waals surface area contributed by atoms with Gasteiger partial charge >= 0.3 is 0 Å². The SMILES string of the molecule is CC1OCCC1C(=O)Cc1cnn(C)c1. The number of nitrogens with zero attached hydrogens (tertiary/aromatic N) is 2. The molecule has 1 aromatic heterocycles. The van der Waals surface area contributed by atoms with Crippen molar-refractivity contribution >= 4 is 5.78 Å². The van der Waals surface area contributed by atoms with Crippen LogP contribution in [0.25, 0.3) is 0 Å². The molecule has 0 amide bonds. The molecule has 0 aliphatic carbocycles. The molecule has 0 N–H and O–H groups in total. The van der Waals surface area contributed by atoms with E-state index in [1.165, 1.54) is 0 Å². The third-order valence-electron chi connectivity index (χ3n) is 2.93. The molecule has 0 radical (unpaired) electrons. The van der Waals surface area contributed by atoms with E-state index in [4.69, 9.17) is 4.74 Å². The zero-order chi connectivity index (χ0) is 10.8. The van der Waals surface area contributed by atoms with E-state index in [9.17, 15) is 4.79 Å². The minimum Gasteiger partial charge on any atom is -0.378 e. The molecule has 0 bridgehead atoms. The van der Waals surface area contributed by atoms with E-state index < -0.39 is 0 Å². The largest absolute Gasteiger partial charge is 0.378 e. The third-order valence-corrected chi connectivity index (χ3v) is 2.93. The first-order chi connectivity index (χ1) is 7.16. The van der Waals surface area contributed by atoms with Crippen LogP contribution in [0.15, 0.2) is 12.4 Å². The molecule has 15 heavy (non-hydrogen) atoms. The van der Waals surface area contributed by atoms with Crippen LogP contribution in [0.1, 0.15) is 18.9 Å². The van der Waals surface area contributed by atoms with Crippen LogP contribution in [0.2, 0.25) is 0 Å². The van der Waals surface area contributed by atoms with Gasteiger partial charge in [-0.25, -0.2) is 0 Å². The molecular weight excluding hydrogens is 192 g/mol. The van der Waals surface area contributed by atoms with Crippen molar-refractivity contribution < 1.29 is 9.53 Å². The molecule has 2 heterocycles. The summed E-state index contributed by atoms with van der Waals surface area (Å²) >= 11 is 0. The zero-order valence-corrected chi connectivity index (χ0v) is 9.14. The topological polar surface area (TPSA) is 44.1 Å². The molecule has 1 fully saturated rings. The fraction of sp³-hybridized carbons (Fsp3) is 0.636. The van der Waals surface area contributed by atoms with Crippen molar-refractivity contribution in [3.05, 3.63) is 18.0 Å². The second-order valence-electron chi connectivity index (χ2n) is 4.14. The summed E-state index contributed by atoms with van der Waals surface area (Å²) in [5.74, 6) is 0.346. The zero-order valence-electron chi connectivity index (χ0n) is 9.14. The van der Waals surface area contributed by atoms with E-state index in [0.29, 0.717) is 13.0 Å². The summed E-state index contributed by atoms with van der Waals surface area (Å²) in [6, 6.07) is 0. The Morgan fingerprint density at radius 2 is 2.53 bits per heavy atom. The predicted molar refractivity (Wildman–Crippen MR) is 55.4 cm³/mol. The third kappa shape index (κ3) is 2.26. The Morgan fingerprint density at radius 1 is 1.73 bits per heavy atom.